The summed E-state index contributed by atoms with van der Waals surface area (Å²) < 4.78 is 31.6. The quantitative estimate of drug-likeness (QED) is 0.724. The number of thiazole rings is 1. The number of aryl methyl sites for hydroxylation is 1. The summed E-state index contributed by atoms with van der Waals surface area (Å²) >= 11 is 2.30. The first-order valence-corrected chi connectivity index (χ1v) is 8.15. The van der Waals surface area contributed by atoms with Gasteiger partial charge in [-0.1, -0.05) is 22.7 Å². The van der Waals surface area contributed by atoms with E-state index in [4.69, 9.17) is 4.74 Å². The lowest BCUT2D eigenvalue weighted by Crippen LogP contribution is -2.17. The molecular formula is C13H9F2N5O2S2. The molecule has 0 aliphatic carbocycles. The number of anilines is 3. The van der Waals surface area contributed by atoms with Crippen LogP contribution < -0.4 is 15.4 Å². The molecule has 3 aromatic rings. The molecule has 124 valence electrons. The molecule has 2 N–H and O–H groups in total. The molecule has 0 saturated carbocycles. The Morgan fingerprint density at radius 1 is 1.25 bits per heavy atom. The molecule has 0 fully saturated rings. The molecule has 3 rings (SSSR count). The maximum atomic E-state index is 13.3. The van der Waals surface area contributed by atoms with Crippen LogP contribution in [0.1, 0.15) is 5.01 Å². The summed E-state index contributed by atoms with van der Waals surface area (Å²) in [5.74, 6) is -1.46. The first-order valence-electron chi connectivity index (χ1n) is 6.45. The van der Waals surface area contributed by atoms with Gasteiger partial charge in [-0.05, 0) is 19.1 Å². The number of carbonyl (C=O) groups excluding carboxylic acids is 1. The van der Waals surface area contributed by atoms with Crippen LogP contribution >= 0.6 is 22.7 Å². The van der Waals surface area contributed by atoms with Crippen LogP contribution in [0.4, 0.5) is 29.4 Å². The fourth-order valence-corrected chi connectivity index (χ4v) is 2.94. The van der Waals surface area contributed by atoms with Crippen molar-refractivity contribution in [1.29, 1.82) is 0 Å². The van der Waals surface area contributed by atoms with E-state index < -0.39 is 17.7 Å². The van der Waals surface area contributed by atoms with Crippen LogP contribution in [0.3, 0.4) is 0 Å². The molecule has 0 aliphatic heterocycles. The SMILES string of the molecule is Cc1nc(OC(=O)Nc2nncs2)c(Nc2cc(F)cc(F)c2)s1. The molecule has 0 atom stereocenters. The molecule has 2 heterocycles. The normalized spacial score (nSPS) is 10.5. The zero-order chi connectivity index (χ0) is 17.1. The van der Waals surface area contributed by atoms with Crippen molar-refractivity contribution < 1.29 is 18.3 Å². The van der Waals surface area contributed by atoms with Crippen molar-refractivity contribution in [3.8, 4) is 5.88 Å². The Morgan fingerprint density at radius 2 is 2.00 bits per heavy atom. The Kier molecular flexibility index (Phi) is 4.62. The predicted molar refractivity (Wildman–Crippen MR) is 86.0 cm³/mol. The zero-order valence-electron chi connectivity index (χ0n) is 12.0. The topological polar surface area (TPSA) is 89.0 Å². The standard InChI is InChI=1S/C13H9F2N5O2S2/c1-6-17-10(22-13(21)19-12-20-16-5-23-12)11(24-6)18-9-3-7(14)2-8(15)4-9/h2-5,18H,1H3,(H,19,20,21). The van der Waals surface area contributed by atoms with Crippen LogP contribution in [0.15, 0.2) is 23.7 Å². The third kappa shape index (κ3) is 4.00. The summed E-state index contributed by atoms with van der Waals surface area (Å²) in [5, 5.41) is 13.6. The van der Waals surface area contributed by atoms with E-state index in [0.717, 1.165) is 29.5 Å². The van der Waals surface area contributed by atoms with Crippen LogP contribution in [0.5, 0.6) is 5.88 Å². The zero-order valence-corrected chi connectivity index (χ0v) is 13.7. The van der Waals surface area contributed by atoms with Crippen molar-refractivity contribution in [2.24, 2.45) is 0 Å². The van der Waals surface area contributed by atoms with Crippen LogP contribution in [-0.4, -0.2) is 21.3 Å². The van der Waals surface area contributed by atoms with Crippen LogP contribution in [-0.2, 0) is 0 Å². The van der Waals surface area contributed by atoms with Crippen molar-refractivity contribution >= 4 is 44.6 Å². The maximum absolute atomic E-state index is 13.3. The van der Waals surface area contributed by atoms with Crippen molar-refractivity contribution in [3.63, 3.8) is 0 Å². The number of benzene rings is 1. The van der Waals surface area contributed by atoms with Crippen molar-refractivity contribution in [2.75, 3.05) is 10.6 Å². The lowest BCUT2D eigenvalue weighted by molar-refractivity contribution is 0.214. The molecule has 24 heavy (non-hydrogen) atoms. The van der Waals surface area contributed by atoms with Gasteiger partial charge in [0, 0.05) is 11.8 Å². The van der Waals surface area contributed by atoms with E-state index in [1.165, 1.54) is 16.8 Å². The number of halogens is 2. The minimum absolute atomic E-state index is 0.0100. The van der Waals surface area contributed by atoms with Crippen LogP contribution in [0, 0.1) is 18.6 Å². The van der Waals surface area contributed by atoms with E-state index in [2.05, 4.69) is 25.8 Å². The van der Waals surface area contributed by atoms with E-state index in [1.54, 1.807) is 6.92 Å². The molecule has 0 radical (unpaired) electrons. The highest BCUT2D eigenvalue weighted by Crippen LogP contribution is 2.34. The average molecular weight is 369 g/mol. The first-order chi connectivity index (χ1) is 11.5. The third-order valence-electron chi connectivity index (χ3n) is 2.58. The minimum atomic E-state index is -0.800. The molecule has 1 amide bonds. The highest BCUT2D eigenvalue weighted by Gasteiger charge is 2.16. The van der Waals surface area contributed by atoms with E-state index in [0.29, 0.717) is 10.0 Å². The minimum Gasteiger partial charge on any atom is -0.388 e. The molecular weight excluding hydrogens is 360 g/mol. The van der Waals surface area contributed by atoms with Crippen LogP contribution in [0.2, 0.25) is 0 Å². The summed E-state index contributed by atoms with van der Waals surface area (Å²) in [6, 6.07) is 2.99. The molecule has 2 aromatic heterocycles. The highest BCUT2D eigenvalue weighted by molar-refractivity contribution is 7.16. The number of hydrogen-bond donors (Lipinski definition) is 2. The van der Waals surface area contributed by atoms with Gasteiger partial charge in [0.25, 0.3) is 5.88 Å². The largest absolute Gasteiger partial charge is 0.420 e. The summed E-state index contributed by atoms with van der Waals surface area (Å²) in [4.78, 5) is 15.9. The smallest absolute Gasteiger partial charge is 0.388 e. The van der Waals surface area contributed by atoms with Gasteiger partial charge in [-0.2, -0.15) is 0 Å². The number of carbonyl (C=O) groups is 1. The molecule has 0 spiro atoms. The third-order valence-corrected chi connectivity index (χ3v) is 4.06. The fourth-order valence-electron chi connectivity index (χ4n) is 1.74. The lowest BCUT2D eigenvalue weighted by Gasteiger charge is -2.07. The van der Waals surface area contributed by atoms with Gasteiger partial charge >= 0.3 is 6.09 Å². The van der Waals surface area contributed by atoms with Gasteiger partial charge in [0.15, 0.2) is 5.00 Å². The van der Waals surface area contributed by atoms with E-state index >= 15 is 0 Å². The maximum Gasteiger partial charge on any atom is 0.420 e. The molecule has 7 nitrogen and oxygen atoms in total. The number of ether oxygens (including phenoxy) is 1. The average Bonchev–Trinajstić information content (AvgIpc) is 3.08. The number of nitrogens with zero attached hydrogens (tertiary/aromatic N) is 3. The number of rotatable bonds is 4. The van der Waals surface area contributed by atoms with Gasteiger partial charge in [0.1, 0.15) is 17.1 Å². The molecule has 1 aromatic carbocycles. The second kappa shape index (κ2) is 6.84. The Morgan fingerprint density at radius 3 is 2.67 bits per heavy atom. The second-order valence-electron chi connectivity index (χ2n) is 4.41. The van der Waals surface area contributed by atoms with E-state index in [-0.39, 0.29) is 16.7 Å². The summed E-state index contributed by atoms with van der Waals surface area (Å²) in [6.45, 7) is 1.71. The van der Waals surface area contributed by atoms with Gasteiger partial charge < -0.3 is 10.1 Å². The lowest BCUT2D eigenvalue weighted by atomic mass is 10.3. The van der Waals surface area contributed by atoms with Crippen molar-refractivity contribution in [2.45, 2.75) is 6.92 Å². The van der Waals surface area contributed by atoms with Crippen molar-refractivity contribution in [3.05, 3.63) is 40.4 Å². The molecule has 11 heteroatoms. The van der Waals surface area contributed by atoms with Crippen LogP contribution in [0.25, 0.3) is 0 Å². The van der Waals surface area contributed by atoms with Gasteiger partial charge in [0.2, 0.25) is 5.13 Å². The molecule has 0 bridgehead atoms. The van der Waals surface area contributed by atoms with Gasteiger partial charge in [-0.25, -0.2) is 18.6 Å². The number of amides is 1. The van der Waals surface area contributed by atoms with Gasteiger partial charge in [-0.15, -0.1) is 10.2 Å². The predicted octanol–water partition coefficient (Wildman–Crippen LogP) is 3.94. The van der Waals surface area contributed by atoms with Crippen molar-refractivity contribution in [1.82, 2.24) is 15.2 Å². The Labute approximate surface area is 142 Å². The number of hydrogen-bond acceptors (Lipinski definition) is 8. The number of aromatic nitrogens is 3. The summed E-state index contributed by atoms with van der Waals surface area (Å²) in [7, 11) is 0. The van der Waals surface area contributed by atoms with Gasteiger partial charge in [0.05, 0.1) is 5.01 Å². The first kappa shape index (κ1) is 16.2. The summed E-state index contributed by atoms with van der Waals surface area (Å²) in [5.41, 5.74) is 1.62. The molecule has 0 aliphatic rings. The second-order valence-corrected chi connectivity index (χ2v) is 6.45. The van der Waals surface area contributed by atoms with E-state index in [1.807, 2.05) is 0 Å². The fraction of sp³-hybridized carbons (Fsp3) is 0.0769. The molecule has 0 unspecified atom stereocenters. The highest BCUT2D eigenvalue weighted by atomic mass is 32.1. The monoisotopic (exact) mass is 369 g/mol. The Balaban J connectivity index is 1.76. The van der Waals surface area contributed by atoms with Gasteiger partial charge in [-0.3, -0.25) is 5.32 Å². The summed E-state index contributed by atoms with van der Waals surface area (Å²) in [6.07, 6.45) is -0.800. The molecule has 0 saturated heterocycles. The Hall–Kier alpha value is -2.66. The number of nitrogens with one attached hydrogen (secondary N) is 2. The Bertz CT molecular complexity index is 849. The van der Waals surface area contributed by atoms with E-state index in [9.17, 15) is 13.6 Å².